The van der Waals surface area contributed by atoms with E-state index >= 15 is 0 Å². The molecule has 0 saturated carbocycles. The summed E-state index contributed by atoms with van der Waals surface area (Å²) in [5.74, 6) is -0.420. The van der Waals surface area contributed by atoms with Crippen LogP contribution in [-0.4, -0.2) is 73.1 Å². The van der Waals surface area contributed by atoms with Gasteiger partial charge in [0.1, 0.15) is 0 Å². The van der Waals surface area contributed by atoms with Crippen LogP contribution in [0.15, 0.2) is 29.4 Å². The SMILES string of the molecule is CCOC(=O)CCC(C)CNC(=O)CN1CCN(c2ccc(/C(N)=N\O)cc2)CC1=O. The predicted octanol–water partition coefficient (Wildman–Crippen LogP) is 0.525. The molecule has 1 heterocycles. The van der Waals surface area contributed by atoms with Gasteiger partial charge in [0.2, 0.25) is 11.8 Å². The van der Waals surface area contributed by atoms with Gasteiger partial charge >= 0.3 is 5.97 Å². The Morgan fingerprint density at radius 3 is 2.61 bits per heavy atom. The maximum atomic E-state index is 12.5. The number of hydrogen-bond donors (Lipinski definition) is 3. The highest BCUT2D eigenvalue weighted by Gasteiger charge is 2.25. The van der Waals surface area contributed by atoms with Gasteiger partial charge in [-0.2, -0.15) is 0 Å². The van der Waals surface area contributed by atoms with Crippen LogP contribution >= 0.6 is 0 Å². The lowest BCUT2D eigenvalue weighted by Gasteiger charge is -2.35. The Morgan fingerprint density at radius 2 is 2.00 bits per heavy atom. The molecule has 10 heteroatoms. The van der Waals surface area contributed by atoms with Crippen molar-refractivity contribution >= 4 is 29.3 Å². The first kappa shape index (κ1) is 24.0. The number of nitrogens with zero attached hydrogens (tertiary/aromatic N) is 3. The standard InChI is InChI=1S/C21H31N5O5/c1-3-31-20(29)9-4-15(2)12-23-18(27)13-26-11-10-25(14-19(26)28)17-7-5-16(6-8-17)21(22)24-30/h5-8,15,30H,3-4,9-14H2,1-2H3,(H2,22,24)(H,23,27). The monoisotopic (exact) mass is 433 g/mol. The lowest BCUT2D eigenvalue weighted by Crippen LogP contribution is -2.53. The highest BCUT2D eigenvalue weighted by molar-refractivity contribution is 5.97. The molecule has 4 N–H and O–H groups in total. The molecule has 31 heavy (non-hydrogen) atoms. The highest BCUT2D eigenvalue weighted by Crippen LogP contribution is 2.18. The van der Waals surface area contributed by atoms with Gasteiger partial charge < -0.3 is 30.8 Å². The van der Waals surface area contributed by atoms with Crippen LogP contribution in [0, 0.1) is 5.92 Å². The molecule has 0 radical (unpaired) electrons. The molecule has 1 aromatic rings. The van der Waals surface area contributed by atoms with Crippen molar-refractivity contribution in [2.45, 2.75) is 26.7 Å². The van der Waals surface area contributed by atoms with Gasteiger partial charge in [0.15, 0.2) is 5.84 Å². The van der Waals surface area contributed by atoms with Gasteiger partial charge in [0.05, 0.1) is 19.7 Å². The van der Waals surface area contributed by atoms with Crippen molar-refractivity contribution in [2.24, 2.45) is 16.8 Å². The van der Waals surface area contributed by atoms with E-state index in [-0.39, 0.29) is 42.6 Å². The summed E-state index contributed by atoms with van der Waals surface area (Å²) in [6, 6.07) is 7.05. The van der Waals surface area contributed by atoms with E-state index in [4.69, 9.17) is 15.7 Å². The molecule has 1 aliphatic heterocycles. The Kier molecular flexibility index (Phi) is 9.11. The zero-order valence-corrected chi connectivity index (χ0v) is 18.0. The molecule has 0 aliphatic carbocycles. The number of nitrogens with two attached hydrogens (primary N) is 1. The molecule has 2 rings (SSSR count). The highest BCUT2D eigenvalue weighted by atomic mass is 16.5. The van der Waals surface area contributed by atoms with E-state index in [1.165, 1.54) is 0 Å². The molecule has 1 saturated heterocycles. The van der Waals surface area contributed by atoms with Gasteiger partial charge in [0, 0.05) is 37.3 Å². The van der Waals surface area contributed by atoms with Crippen LogP contribution in [0.4, 0.5) is 5.69 Å². The fourth-order valence-corrected chi connectivity index (χ4v) is 3.21. The average Bonchev–Trinajstić information content (AvgIpc) is 2.77. The number of hydrogen-bond acceptors (Lipinski definition) is 7. The van der Waals surface area contributed by atoms with Gasteiger partial charge in [-0.05, 0) is 43.5 Å². The van der Waals surface area contributed by atoms with E-state index in [2.05, 4.69) is 10.5 Å². The van der Waals surface area contributed by atoms with E-state index in [0.717, 1.165) is 5.69 Å². The topological polar surface area (TPSA) is 138 Å². The number of carbonyl (C=O) groups is 3. The smallest absolute Gasteiger partial charge is 0.305 e. The molecule has 1 fully saturated rings. The van der Waals surface area contributed by atoms with Crippen molar-refractivity contribution in [1.29, 1.82) is 0 Å². The number of anilines is 1. The van der Waals surface area contributed by atoms with Gasteiger partial charge in [0.25, 0.3) is 0 Å². The second kappa shape index (κ2) is 11.8. The number of benzene rings is 1. The van der Waals surface area contributed by atoms with E-state index in [1.54, 1.807) is 36.1 Å². The van der Waals surface area contributed by atoms with Crippen molar-refractivity contribution < 1.29 is 24.3 Å². The largest absolute Gasteiger partial charge is 0.466 e. The first-order chi connectivity index (χ1) is 14.8. The summed E-state index contributed by atoms with van der Waals surface area (Å²) in [6.45, 7) is 5.75. The minimum Gasteiger partial charge on any atom is -0.466 e. The molecule has 170 valence electrons. The number of amidine groups is 1. The molecule has 10 nitrogen and oxygen atoms in total. The molecule has 1 atom stereocenters. The molecule has 1 aliphatic rings. The first-order valence-electron chi connectivity index (χ1n) is 10.4. The third kappa shape index (κ3) is 7.47. The summed E-state index contributed by atoms with van der Waals surface area (Å²) in [5.41, 5.74) is 7.00. The second-order valence-corrected chi connectivity index (χ2v) is 7.52. The van der Waals surface area contributed by atoms with Gasteiger partial charge in [-0.25, -0.2) is 0 Å². The molecular formula is C21H31N5O5. The second-order valence-electron chi connectivity index (χ2n) is 7.52. The summed E-state index contributed by atoms with van der Waals surface area (Å²) in [6.07, 6.45) is 0.955. The minimum atomic E-state index is -0.233. The lowest BCUT2D eigenvalue weighted by molar-refractivity contribution is -0.143. The quantitative estimate of drug-likeness (QED) is 0.161. The Labute approximate surface area is 182 Å². The van der Waals surface area contributed by atoms with E-state index < -0.39 is 0 Å². The number of esters is 1. The number of carbonyl (C=O) groups excluding carboxylic acids is 3. The Morgan fingerprint density at radius 1 is 1.29 bits per heavy atom. The van der Waals surface area contributed by atoms with Crippen LogP contribution in [0.25, 0.3) is 0 Å². The zero-order valence-electron chi connectivity index (χ0n) is 18.0. The fraction of sp³-hybridized carbons (Fsp3) is 0.524. The number of rotatable bonds is 10. The molecular weight excluding hydrogens is 402 g/mol. The van der Waals surface area contributed by atoms with Crippen LogP contribution in [0.3, 0.4) is 0 Å². The third-order valence-corrected chi connectivity index (χ3v) is 5.08. The van der Waals surface area contributed by atoms with Crippen molar-refractivity contribution in [1.82, 2.24) is 10.2 Å². The summed E-state index contributed by atoms with van der Waals surface area (Å²) in [7, 11) is 0. The molecule has 1 unspecified atom stereocenters. The van der Waals surface area contributed by atoms with Crippen molar-refractivity contribution in [3.8, 4) is 0 Å². The molecule has 1 aromatic carbocycles. The van der Waals surface area contributed by atoms with Crippen LogP contribution in [0.1, 0.15) is 32.3 Å². The van der Waals surface area contributed by atoms with E-state index in [9.17, 15) is 14.4 Å². The van der Waals surface area contributed by atoms with Gasteiger partial charge in [-0.15, -0.1) is 0 Å². The van der Waals surface area contributed by atoms with Gasteiger partial charge in [-0.3, -0.25) is 14.4 Å². The predicted molar refractivity (Wildman–Crippen MR) is 116 cm³/mol. The van der Waals surface area contributed by atoms with Crippen molar-refractivity contribution in [2.75, 3.05) is 44.2 Å². The Balaban J connectivity index is 1.75. The third-order valence-electron chi connectivity index (χ3n) is 5.08. The van der Waals surface area contributed by atoms with Crippen molar-refractivity contribution in [3.05, 3.63) is 29.8 Å². The number of amides is 2. The fourth-order valence-electron chi connectivity index (χ4n) is 3.21. The molecule has 2 amide bonds. The summed E-state index contributed by atoms with van der Waals surface area (Å²) >= 11 is 0. The molecule has 0 spiro atoms. The number of nitrogens with one attached hydrogen (secondary N) is 1. The average molecular weight is 434 g/mol. The van der Waals surface area contributed by atoms with Crippen LogP contribution in [-0.2, 0) is 19.1 Å². The number of piperazine rings is 1. The zero-order chi connectivity index (χ0) is 22.8. The number of oxime groups is 1. The summed E-state index contributed by atoms with van der Waals surface area (Å²) in [5, 5.41) is 14.5. The van der Waals surface area contributed by atoms with Gasteiger partial charge in [-0.1, -0.05) is 12.1 Å². The van der Waals surface area contributed by atoms with E-state index in [1.807, 2.05) is 11.8 Å². The lowest BCUT2D eigenvalue weighted by atomic mass is 10.1. The van der Waals surface area contributed by atoms with E-state index in [0.29, 0.717) is 44.6 Å². The maximum absolute atomic E-state index is 12.5. The van der Waals surface area contributed by atoms with Crippen LogP contribution < -0.4 is 16.0 Å². The Bertz CT molecular complexity index is 796. The van der Waals surface area contributed by atoms with Crippen LogP contribution in [0.2, 0.25) is 0 Å². The minimum absolute atomic E-state index is 0.0136. The summed E-state index contributed by atoms with van der Waals surface area (Å²) < 4.78 is 4.90. The molecule has 0 bridgehead atoms. The maximum Gasteiger partial charge on any atom is 0.305 e. The molecule has 0 aromatic heterocycles. The first-order valence-corrected chi connectivity index (χ1v) is 10.4. The number of ether oxygens (including phenoxy) is 1. The Hall–Kier alpha value is -3.30. The van der Waals surface area contributed by atoms with Crippen LogP contribution in [0.5, 0.6) is 0 Å². The normalized spacial score (nSPS) is 15.5. The van der Waals surface area contributed by atoms with Crippen molar-refractivity contribution in [3.63, 3.8) is 0 Å². The summed E-state index contributed by atoms with van der Waals surface area (Å²) in [4.78, 5) is 39.6.